The standard InChI is InChI=1S/C17H18N2O/c1-2-11-20-17(6-1)19-16-5-3-4-14(15(16)12-18-19)10-9-13-7-8-13/h3-5,12-13,17H,1-2,6-8,11H2. The van der Waals surface area contributed by atoms with Gasteiger partial charge in [-0.25, -0.2) is 4.68 Å². The van der Waals surface area contributed by atoms with Gasteiger partial charge in [-0.15, -0.1) is 0 Å². The molecule has 1 saturated carbocycles. The zero-order valence-electron chi connectivity index (χ0n) is 11.5. The van der Waals surface area contributed by atoms with Gasteiger partial charge in [-0.3, -0.25) is 0 Å². The third-order valence-electron chi connectivity index (χ3n) is 4.06. The minimum atomic E-state index is 0.0906. The van der Waals surface area contributed by atoms with Gasteiger partial charge in [-0.05, 0) is 44.2 Å². The normalized spacial score (nSPS) is 22.5. The highest BCUT2D eigenvalue weighted by Crippen LogP contribution is 2.29. The molecule has 1 unspecified atom stereocenters. The second kappa shape index (κ2) is 4.96. The maximum atomic E-state index is 5.84. The molecule has 2 aromatic rings. The van der Waals surface area contributed by atoms with Crippen LogP contribution in [-0.4, -0.2) is 16.4 Å². The van der Waals surface area contributed by atoms with Crippen molar-refractivity contribution in [3.63, 3.8) is 0 Å². The third-order valence-corrected chi connectivity index (χ3v) is 4.06. The lowest BCUT2D eigenvalue weighted by molar-refractivity contribution is -0.0366. The van der Waals surface area contributed by atoms with Crippen molar-refractivity contribution >= 4 is 10.9 Å². The molecule has 1 aliphatic carbocycles. The summed E-state index contributed by atoms with van der Waals surface area (Å²) in [6.45, 7) is 0.840. The fraction of sp³-hybridized carbons (Fsp3) is 0.471. The molecule has 0 N–H and O–H groups in total. The molecule has 2 fully saturated rings. The van der Waals surface area contributed by atoms with Crippen molar-refractivity contribution in [3.8, 4) is 11.8 Å². The van der Waals surface area contributed by atoms with Crippen LogP contribution >= 0.6 is 0 Å². The summed E-state index contributed by atoms with van der Waals surface area (Å²) in [6.07, 6.45) is 7.98. The van der Waals surface area contributed by atoms with E-state index in [1.165, 1.54) is 19.3 Å². The van der Waals surface area contributed by atoms with Crippen LogP contribution in [0.4, 0.5) is 0 Å². The number of rotatable bonds is 1. The number of benzene rings is 1. The van der Waals surface area contributed by atoms with Crippen molar-refractivity contribution in [2.75, 3.05) is 6.61 Å². The van der Waals surface area contributed by atoms with Gasteiger partial charge >= 0.3 is 0 Å². The third kappa shape index (κ3) is 2.21. The van der Waals surface area contributed by atoms with Crippen LogP contribution in [0.1, 0.15) is 43.9 Å². The van der Waals surface area contributed by atoms with Crippen LogP contribution in [0.5, 0.6) is 0 Å². The molecule has 1 aromatic heterocycles. The molecular weight excluding hydrogens is 248 g/mol. The molecule has 0 spiro atoms. The first-order valence-electron chi connectivity index (χ1n) is 7.51. The average molecular weight is 266 g/mol. The van der Waals surface area contributed by atoms with Gasteiger partial charge in [0.1, 0.15) is 0 Å². The van der Waals surface area contributed by atoms with E-state index in [2.05, 4.69) is 35.1 Å². The second-order valence-corrected chi connectivity index (χ2v) is 5.69. The Kier molecular flexibility index (Phi) is 2.97. The monoisotopic (exact) mass is 266 g/mol. The molecule has 1 atom stereocenters. The molecule has 4 rings (SSSR count). The summed E-state index contributed by atoms with van der Waals surface area (Å²) in [5.74, 6) is 7.28. The zero-order chi connectivity index (χ0) is 13.4. The number of ether oxygens (including phenoxy) is 1. The highest BCUT2D eigenvalue weighted by Gasteiger charge is 2.20. The Hall–Kier alpha value is -1.79. The lowest BCUT2D eigenvalue weighted by atomic mass is 10.1. The maximum Gasteiger partial charge on any atom is 0.150 e. The predicted molar refractivity (Wildman–Crippen MR) is 78.2 cm³/mol. The first kappa shape index (κ1) is 12.0. The fourth-order valence-corrected chi connectivity index (χ4v) is 2.73. The van der Waals surface area contributed by atoms with Gasteiger partial charge in [0.05, 0.1) is 11.7 Å². The van der Waals surface area contributed by atoms with Crippen LogP contribution in [0, 0.1) is 17.8 Å². The SMILES string of the molecule is C(#CC1CC1)c1cccc2c1cnn2C1CCCCO1. The maximum absolute atomic E-state index is 5.84. The van der Waals surface area contributed by atoms with Crippen LogP contribution in [0.3, 0.4) is 0 Å². The Labute approximate surface area is 118 Å². The molecule has 1 saturated heterocycles. The topological polar surface area (TPSA) is 27.1 Å². The fourth-order valence-electron chi connectivity index (χ4n) is 2.73. The van der Waals surface area contributed by atoms with E-state index in [1.54, 1.807) is 0 Å². The highest BCUT2D eigenvalue weighted by atomic mass is 16.5. The Morgan fingerprint density at radius 3 is 2.95 bits per heavy atom. The number of nitrogens with zero attached hydrogens (tertiary/aromatic N) is 2. The summed E-state index contributed by atoms with van der Waals surface area (Å²) in [5, 5.41) is 5.69. The molecule has 2 aliphatic rings. The van der Waals surface area contributed by atoms with E-state index in [4.69, 9.17) is 4.74 Å². The molecule has 3 nitrogen and oxygen atoms in total. The summed E-state index contributed by atoms with van der Waals surface area (Å²) in [5.41, 5.74) is 2.23. The lowest BCUT2D eigenvalue weighted by Crippen LogP contribution is -2.18. The average Bonchev–Trinajstić information content (AvgIpc) is 3.23. The van der Waals surface area contributed by atoms with Crippen molar-refractivity contribution < 1.29 is 4.74 Å². The Morgan fingerprint density at radius 2 is 2.15 bits per heavy atom. The van der Waals surface area contributed by atoms with E-state index < -0.39 is 0 Å². The molecular formula is C17H18N2O. The number of aromatic nitrogens is 2. The van der Waals surface area contributed by atoms with Crippen LogP contribution < -0.4 is 0 Å². The number of fused-ring (bicyclic) bond motifs is 1. The first-order chi connectivity index (χ1) is 9.92. The smallest absolute Gasteiger partial charge is 0.150 e. The van der Waals surface area contributed by atoms with E-state index in [9.17, 15) is 0 Å². The van der Waals surface area contributed by atoms with Crippen LogP contribution in [-0.2, 0) is 4.74 Å². The van der Waals surface area contributed by atoms with E-state index in [0.29, 0.717) is 5.92 Å². The van der Waals surface area contributed by atoms with Crippen molar-refractivity contribution in [3.05, 3.63) is 30.0 Å². The van der Waals surface area contributed by atoms with Gasteiger partial charge in [0, 0.05) is 23.5 Å². The van der Waals surface area contributed by atoms with Crippen molar-refractivity contribution in [2.45, 2.75) is 38.3 Å². The van der Waals surface area contributed by atoms with Gasteiger partial charge in [-0.2, -0.15) is 5.10 Å². The Balaban J connectivity index is 1.73. The van der Waals surface area contributed by atoms with Gasteiger partial charge in [0.25, 0.3) is 0 Å². The first-order valence-corrected chi connectivity index (χ1v) is 7.51. The predicted octanol–water partition coefficient (Wildman–Crippen LogP) is 3.50. The van der Waals surface area contributed by atoms with Crippen LogP contribution in [0.2, 0.25) is 0 Å². The number of hydrogen-bond donors (Lipinski definition) is 0. The van der Waals surface area contributed by atoms with Crippen LogP contribution in [0.15, 0.2) is 24.4 Å². The van der Waals surface area contributed by atoms with E-state index in [0.717, 1.165) is 35.9 Å². The van der Waals surface area contributed by atoms with Gasteiger partial charge in [0.15, 0.2) is 6.23 Å². The van der Waals surface area contributed by atoms with E-state index in [1.807, 2.05) is 10.9 Å². The Bertz CT molecular complexity index is 682. The zero-order valence-corrected chi connectivity index (χ0v) is 11.5. The minimum Gasteiger partial charge on any atom is -0.356 e. The highest BCUT2D eigenvalue weighted by molar-refractivity contribution is 5.85. The van der Waals surface area contributed by atoms with Gasteiger partial charge < -0.3 is 4.74 Å². The number of hydrogen-bond acceptors (Lipinski definition) is 2. The summed E-state index contributed by atoms with van der Waals surface area (Å²) >= 11 is 0. The second-order valence-electron chi connectivity index (χ2n) is 5.69. The molecule has 102 valence electrons. The van der Waals surface area contributed by atoms with E-state index >= 15 is 0 Å². The molecule has 0 bridgehead atoms. The minimum absolute atomic E-state index is 0.0906. The molecule has 20 heavy (non-hydrogen) atoms. The molecule has 3 heteroatoms. The van der Waals surface area contributed by atoms with Crippen molar-refractivity contribution in [1.29, 1.82) is 0 Å². The van der Waals surface area contributed by atoms with E-state index in [-0.39, 0.29) is 6.23 Å². The summed E-state index contributed by atoms with van der Waals surface area (Å²) < 4.78 is 7.87. The molecule has 0 radical (unpaired) electrons. The molecule has 1 aliphatic heterocycles. The van der Waals surface area contributed by atoms with Gasteiger partial charge in [0.2, 0.25) is 0 Å². The molecule has 2 heterocycles. The lowest BCUT2D eigenvalue weighted by Gasteiger charge is -2.23. The van der Waals surface area contributed by atoms with Crippen molar-refractivity contribution in [2.24, 2.45) is 5.92 Å². The Morgan fingerprint density at radius 1 is 1.20 bits per heavy atom. The largest absolute Gasteiger partial charge is 0.356 e. The summed E-state index contributed by atoms with van der Waals surface area (Å²) in [7, 11) is 0. The summed E-state index contributed by atoms with van der Waals surface area (Å²) in [4.78, 5) is 0. The van der Waals surface area contributed by atoms with Crippen LogP contribution in [0.25, 0.3) is 10.9 Å². The molecule has 0 amide bonds. The quantitative estimate of drug-likeness (QED) is 0.739. The van der Waals surface area contributed by atoms with Crippen molar-refractivity contribution in [1.82, 2.24) is 9.78 Å². The molecule has 1 aromatic carbocycles. The summed E-state index contributed by atoms with van der Waals surface area (Å²) in [6, 6.07) is 6.27. The van der Waals surface area contributed by atoms with Gasteiger partial charge in [-0.1, -0.05) is 17.9 Å².